The van der Waals surface area contributed by atoms with Crippen LogP contribution in [0.15, 0.2) is 0 Å². The predicted molar refractivity (Wildman–Crippen MR) is 46.0 cm³/mol. The van der Waals surface area contributed by atoms with Crippen LogP contribution in [-0.4, -0.2) is 38.1 Å². The fourth-order valence-corrected chi connectivity index (χ4v) is 1.87. The van der Waals surface area contributed by atoms with Gasteiger partial charge in [-0.25, -0.2) is 0 Å². The molecule has 0 spiro atoms. The summed E-state index contributed by atoms with van der Waals surface area (Å²) in [5.41, 5.74) is 0. The summed E-state index contributed by atoms with van der Waals surface area (Å²) in [6.07, 6.45) is 3.36. The van der Waals surface area contributed by atoms with Crippen LogP contribution in [0.5, 0.6) is 0 Å². The molecule has 0 bridgehead atoms. The maximum atomic E-state index is 8.97. The van der Waals surface area contributed by atoms with Gasteiger partial charge in [0.05, 0.1) is 12.2 Å². The Labute approximate surface area is 73.7 Å². The van der Waals surface area contributed by atoms with E-state index in [2.05, 4.69) is 0 Å². The zero-order valence-corrected chi connectivity index (χ0v) is 7.82. The summed E-state index contributed by atoms with van der Waals surface area (Å²) >= 11 is 0. The first-order chi connectivity index (χ1) is 5.81. The molecule has 0 radical (unpaired) electrons. The fourth-order valence-electron chi connectivity index (χ4n) is 1.87. The van der Waals surface area contributed by atoms with Crippen LogP contribution in [0.4, 0.5) is 0 Å². The Morgan fingerprint density at radius 3 is 2.33 bits per heavy atom. The lowest BCUT2D eigenvalue weighted by atomic mass is 9.86. The van der Waals surface area contributed by atoms with E-state index in [0.717, 1.165) is 19.3 Å². The number of aliphatic hydroxyl groups is 1. The molecule has 0 aliphatic heterocycles. The molecular weight excluding hydrogens is 156 g/mol. The standard InChI is InChI=1S/C9H18O3/c1-11-8-4-3-7(6-10)5-9(8)12-2/h7-10H,3-6H2,1-2H3. The fraction of sp³-hybridized carbons (Fsp3) is 1.00. The van der Waals surface area contributed by atoms with Crippen LogP contribution in [0, 0.1) is 5.92 Å². The highest BCUT2D eigenvalue weighted by atomic mass is 16.5. The zero-order valence-electron chi connectivity index (χ0n) is 7.82. The summed E-state index contributed by atoms with van der Waals surface area (Å²) in [6, 6.07) is 0. The van der Waals surface area contributed by atoms with Gasteiger partial charge >= 0.3 is 0 Å². The summed E-state index contributed by atoms with van der Waals surface area (Å²) in [4.78, 5) is 0. The maximum Gasteiger partial charge on any atom is 0.0836 e. The van der Waals surface area contributed by atoms with Gasteiger partial charge in [0.1, 0.15) is 0 Å². The maximum absolute atomic E-state index is 8.97. The Hall–Kier alpha value is -0.120. The highest BCUT2D eigenvalue weighted by Gasteiger charge is 2.29. The summed E-state index contributed by atoms with van der Waals surface area (Å²) in [6.45, 7) is 0.274. The van der Waals surface area contributed by atoms with E-state index in [1.807, 2.05) is 0 Å². The first-order valence-corrected chi connectivity index (χ1v) is 4.48. The minimum absolute atomic E-state index is 0.167. The van der Waals surface area contributed by atoms with Gasteiger partial charge in [0.25, 0.3) is 0 Å². The molecule has 12 heavy (non-hydrogen) atoms. The van der Waals surface area contributed by atoms with Gasteiger partial charge in [-0.3, -0.25) is 0 Å². The molecule has 0 aromatic carbocycles. The van der Waals surface area contributed by atoms with E-state index in [1.54, 1.807) is 14.2 Å². The molecule has 3 heteroatoms. The Balaban J connectivity index is 2.41. The lowest BCUT2D eigenvalue weighted by molar-refractivity contribution is -0.0753. The number of hydrogen-bond acceptors (Lipinski definition) is 3. The van der Waals surface area contributed by atoms with Crippen LogP contribution in [0.1, 0.15) is 19.3 Å². The molecule has 72 valence electrons. The largest absolute Gasteiger partial charge is 0.396 e. The van der Waals surface area contributed by atoms with E-state index < -0.39 is 0 Å². The summed E-state index contributed by atoms with van der Waals surface area (Å²) in [5.74, 6) is 0.404. The van der Waals surface area contributed by atoms with E-state index in [1.165, 1.54) is 0 Å². The van der Waals surface area contributed by atoms with Crippen molar-refractivity contribution >= 4 is 0 Å². The van der Waals surface area contributed by atoms with Gasteiger partial charge in [-0.1, -0.05) is 0 Å². The topological polar surface area (TPSA) is 38.7 Å². The van der Waals surface area contributed by atoms with Gasteiger partial charge < -0.3 is 14.6 Å². The van der Waals surface area contributed by atoms with Crippen molar-refractivity contribution < 1.29 is 14.6 Å². The van der Waals surface area contributed by atoms with Crippen LogP contribution in [-0.2, 0) is 9.47 Å². The molecule has 0 aromatic rings. The Kier molecular flexibility index (Phi) is 3.98. The second-order valence-corrected chi connectivity index (χ2v) is 3.41. The zero-order chi connectivity index (χ0) is 8.97. The third-order valence-electron chi connectivity index (χ3n) is 2.70. The monoisotopic (exact) mass is 174 g/mol. The number of ether oxygens (including phenoxy) is 2. The molecule has 0 aromatic heterocycles. The Morgan fingerprint density at radius 1 is 1.17 bits per heavy atom. The van der Waals surface area contributed by atoms with E-state index in [4.69, 9.17) is 14.6 Å². The van der Waals surface area contributed by atoms with Crippen LogP contribution in [0.2, 0.25) is 0 Å². The number of rotatable bonds is 3. The summed E-state index contributed by atoms with van der Waals surface area (Å²) < 4.78 is 10.6. The van der Waals surface area contributed by atoms with E-state index in [9.17, 15) is 0 Å². The minimum Gasteiger partial charge on any atom is -0.396 e. The van der Waals surface area contributed by atoms with Crippen molar-refractivity contribution in [1.82, 2.24) is 0 Å². The van der Waals surface area contributed by atoms with Crippen molar-refractivity contribution in [2.24, 2.45) is 5.92 Å². The summed E-state index contributed by atoms with van der Waals surface area (Å²) in [7, 11) is 3.42. The number of hydrogen-bond donors (Lipinski definition) is 1. The highest BCUT2D eigenvalue weighted by Crippen LogP contribution is 2.27. The van der Waals surface area contributed by atoms with E-state index in [-0.39, 0.29) is 18.8 Å². The Morgan fingerprint density at radius 2 is 1.83 bits per heavy atom. The van der Waals surface area contributed by atoms with Gasteiger partial charge in [0.2, 0.25) is 0 Å². The molecule has 0 saturated heterocycles. The molecule has 3 unspecified atom stereocenters. The molecule has 0 amide bonds. The average Bonchev–Trinajstić information content (AvgIpc) is 2.16. The minimum atomic E-state index is 0.167. The van der Waals surface area contributed by atoms with E-state index in [0.29, 0.717) is 5.92 Å². The number of aliphatic hydroxyl groups excluding tert-OH is 1. The van der Waals surface area contributed by atoms with Crippen molar-refractivity contribution in [3.05, 3.63) is 0 Å². The van der Waals surface area contributed by atoms with Gasteiger partial charge in [0.15, 0.2) is 0 Å². The summed E-state index contributed by atoms with van der Waals surface area (Å²) in [5, 5.41) is 8.97. The SMILES string of the molecule is COC1CCC(CO)CC1OC. The van der Waals surface area contributed by atoms with Crippen LogP contribution in [0.3, 0.4) is 0 Å². The molecule has 1 aliphatic rings. The average molecular weight is 174 g/mol. The van der Waals surface area contributed by atoms with Crippen LogP contribution in [0.25, 0.3) is 0 Å². The van der Waals surface area contributed by atoms with Crippen molar-refractivity contribution in [2.75, 3.05) is 20.8 Å². The third-order valence-corrected chi connectivity index (χ3v) is 2.70. The first-order valence-electron chi connectivity index (χ1n) is 4.48. The smallest absolute Gasteiger partial charge is 0.0836 e. The second kappa shape index (κ2) is 4.80. The molecule has 1 saturated carbocycles. The molecule has 1 fully saturated rings. The quantitative estimate of drug-likeness (QED) is 0.688. The van der Waals surface area contributed by atoms with Crippen molar-refractivity contribution in [2.45, 2.75) is 31.5 Å². The molecule has 3 nitrogen and oxygen atoms in total. The van der Waals surface area contributed by atoms with Crippen LogP contribution < -0.4 is 0 Å². The van der Waals surface area contributed by atoms with Gasteiger partial charge in [-0.15, -0.1) is 0 Å². The molecule has 1 aliphatic carbocycles. The molecule has 0 heterocycles. The predicted octanol–water partition coefficient (Wildman–Crippen LogP) is 0.809. The first kappa shape index (κ1) is 9.96. The Bertz CT molecular complexity index is 127. The van der Waals surface area contributed by atoms with Crippen molar-refractivity contribution in [1.29, 1.82) is 0 Å². The lowest BCUT2D eigenvalue weighted by Gasteiger charge is -2.33. The van der Waals surface area contributed by atoms with Crippen molar-refractivity contribution in [3.63, 3.8) is 0 Å². The molecular formula is C9H18O3. The van der Waals surface area contributed by atoms with Gasteiger partial charge in [0, 0.05) is 20.8 Å². The lowest BCUT2D eigenvalue weighted by Crippen LogP contribution is -2.37. The second-order valence-electron chi connectivity index (χ2n) is 3.41. The van der Waals surface area contributed by atoms with Gasteiger partial charge in [-0.2, -0.15) is 0 Å². The molecule has 1 rings (SSSR count). The number of methoxy groups -OCH3 is 2. The highest BCUT2D eigenvalue weighted by molar-refractivity contribution is 4.80. The normalized spacial score (nSPS) is 36.8. The van der Waals surface area contributed by atoms with Gasteiger partial charge in [-0.05, 0) is 25.2 Å². The molecule has 1 N–H and O–H groups in total. The van der Waals surface area contributed by atoms with E-state index >= 15 is 0 Å². The molecule has 3 atom stereocenters. The van der Waals surface area contributed by atoms with Crippen molar-refractivity contribution in [3.8, 4) is 0 Å². The van der Waals surface area contributed by atoms with Crippen LogP contribution >= 0.6 is 0 Å². The third kappa shape index (κ3) is 2.19.